The molecule has 9 heavy (non-hydrogen) atoms. The van der Waals surface area contributed by atoms with Gasteiger partial charge in [-0.05, 0) is 0 Å². The van der Waals surface area contributed by atoms with Crippen LogP contribution in [0.3, 0.4) is 0 Å². The van der Waals surface area contributed by atoms with Crippen LogP contribution in [0.2, 0.25) is 0 Å². The summed E-state index contributed by atoms with van der Waals surface area (Å²) in [4.78, 5) is 1.32. The Labute approximate surface area is 69.6 Å². The molecule has 0 heterocycles. The first-order chi connectivity index (χ1) is 4.33. The zero-order valence-corrected chi connectivity index (χ0v) is 8.12. The number of hydrogen-bond acceptors (Lipinski definition) is 1. The first-order valence-electron chi connectivity index (χ1n) is 2.65. The van der Waals surface area contributed by atoms with Crippen LogP contribution in [-0.4, -0.2) is 0 Å². The number of hydrogen-bond donors (Lipinski definition) is 0. The van der Waals surface area contributed by atoms with E-state index in [-0.39, 0.29) is 0 Å². The predicted octanol–water partition coefficient (Wildman–Crippen LogP) is 2.55. The molecule has 0 saturated heterocycles. The van der Waals surface area contributed by atoms with Crippen molar-refractivity contribution in [1.82, 2.24) is 0 Å². The van der Waals surface area contributed by atoms with Gasteiger partial charge >= 0.3 is 69.7 Å². The van der Waals surface area contributed by atoms with Crippen molar-refractivity contribution in [2.24, 2.45) is 0 Å². The molecular weight excluding hydrogens is 311 g/mol. The molecule has 0 saturated carbocycles. The fourth-order valence-corrected chi connectivity index (χ4v) is 1.73. The average molecular weight is 318 g/mol. The normalized spacial score (nSPS) is 9.67. The van der Waals surface area contributed by atoms with Crippen LogP contribution in [0.25, 0.3) is 0 Å². The molecule has 0 spiro atoms. The molecule has 0 aliphatic rings. The number of aryl methyl sites for hydroxylation is 1. The number of benzene rings is 1. The summed E-state index contributed by atoms with van der Waals surface area (Å²) < 4.78 is 0. The predicted molar refractivity (Wildman–Crippen MR) is 37.0 cm³/mol. The zero-order valence-electron chi connectivity index (χ0n) is 5.03. The van der Waals surface area contributed by atoms with Crippen molar-refractivity contribution in [3.63, 3.8) is 0 Å². The molecule has 0 aliphatic heterocycles. The molecule has 0 nitrogen and oxygen atoms in total. The van der Waals surface area contributed by atoms with Gasteiger partial charge in [0, 0.05) is 0 Å². The van der Waals surface area contributed by atoms with Gasteiger partial charge in [0.05, 0.1) is 0 Å². The molecule has 0 amide bonds. The van der Waals surface area contributed by atoms with Gasteiger partial charge in [0.1, 0.15) is 0 Å². The van der Waals surface area contributed by atoms with Gasteiger partial charge < -0.3 is 0 Å². The molecule has 0 atom stereocenters. The Morgan fingerprint density at radius 2 is 1.78 bits per heavy atom. The Morgan fingerprint density at radius 1 is 1.22 bits per heavy atom. The minimum absolute atomic E-state index is 1.32. The summed E-state index contributed by atoms with van der Waals surface area (Å²) in [5, 5.41) is 0. The van der Waals surface area contributed by atoms with Gasteiger partial charge in [0.15, 0.2) is 0 Å². The van der Waals surface area contributed by atoms with Crippen LogP contribution < -0.4 is 0 Å². The van der Waals surface area contributed by atoms with Crippen molar-refractivity contribution in [1.29, 1.82) is 0 Å². The van der Waals surface area contributed by atoms with Gasteiger partial charge in [0.25, 0.3) is 0 Å². The Kier molecular flexibility index (Phi) is 2.81. The third kappa shape index (κ3) is 2.15. The maximum atomic E-state index is 2.27. The van der Waals surface area contributed by atoms with E-state index < -0.39 is 0 Å². The summed E-state index contributed by atoms with van der Waals surface area (Å²) >= 11 is 2.27. The molecule has 1 rings (SSSR count). The molecule has 2 heteroatoms. The third-order valence-corrected chi connectivity index (χ3v) is 3.12. The quantitative estimate of drug-likeness (QED) is 0.767. The Morgan fingerprint density at radius 3 is 2.22 bits per heavy atom. The van der Waals surface area contributed by atoms with Crippen molar-refractivity contribution >= 4 is 9.47 Å². The van der Waals surface area contributed by atoms with E-state index in [2.05, 4.69) is 49.7 Å². The van der Waals surface area contributed by atoms with Crippen LogP contribution in [0.1, 0.15) is 5.56 Å². The molecular formula is C7H7PtS. The van der Waals surface area contributed by atoms with Crippen molar-refractivity contribution in [2.45, 2.75) is 11.8 Å². The van der Waals surface area contributed by atoms with E-state index in [1.54, 1.807) is 9.47 Å². The summed E-state index contributed by atoms with van der Waals surface area (Å²) in [5.74, 6) is 0. The van der Waals surface area contributed by atoms with Crippen molar-refractivity contribution < 1.29 is 18.5 Å². The molecule has 0 radical (unpaired) electrons. The molecule has 0 aromatic heterocycles. The van der Waals surface area contributed by atoms with Crippen LogP contribution >= 0.6 is 9.47 Å². The second kappa shape index (κ2) is 3.43. The zero-order chi connectivity index (χ0) is 6.69. The molecule has 1 aromatic carbocycles. The van der Waals surface area contributed by atoms with E-state index in [0.717, 1.165) is 0 Å². The van der Waals surface area contributed by atoms with E-state index in [1.807, 2.05) is 0 Å². The van der Waals surface area contributed by atoms with E-state index in [4.69, 9.17) is 0 Å². The minimum atomic E-state index is 1.32. The SMILES string of the molecule is Cc1ccc([S][Pt])cc1. The fourth-order valence-electron chi connectivity index (χ4n) is 0.581. The Bertz CT molecular complexity index is 181. The molecule has 0 aliphatic carbocycles. The maximum absolute atomic E-state index is 2.27. The van der Waals surface area contributed by atoms with Crippen LogP contribution in [0.15, 0.2) is 29.2 Å². The molecule has 0 unspecified atom stereocenters. The van der Waals surface area contributed by atoms with Crippen molar-refractivity contribution in [2.75, 3.05) is 0 Å². The van der Waals surface area contributed by atoms with Crippen LogP contribution in [0.4, 0.5) is 0 Å². The van der Waals surface area contributed by atoms with Crippen LogP contribution in [-0.2, 0) is 18.5 Å². The van der Waals surface area contributed by atoms with Crippen molar-refractivity contribution in [3.8, 4) is 0 Å². The summed E-state index contributed by atoms with van der Waals surface area (Å²) in [5.41, 5.74) is 1.32. The van der Waals surface area contributed by atoms with Gasteiger partial charge in [-0.3, -0.25) is 0 Å². The monoisotopic (exact) mass is 318 g/mol. The first-order valence-corrected chi connectivity index (χ1v) is 6.10. The van der Waals surface area contributed by atoms with E-state index in [0.29, 0.717) is 0 Å². The van der Waals surface area contributed by atoms with Gasteiger partial charge in [-0.2, -0.15) is 0 Å². The van der Waals surface area contributed by atoms with E-state index >= 15 is 0 Å². The Hall–Kier alpha value is 0.258. The molecule has 1 aromatic rings. The number of rotatable bonds is 1. The molecule has 0 N–H and O–H groups in total. The first kappa shape index (κ1) is 7.37. The Balaban J connectivity index is 2.88. The molecule has 0 bridgehead atoms. The van der Waals surface area contributed by atoms with Gasteiger partial charge in [-0.1, -0.05) is 0 Å². The summed E-state index contributed by atoms with van der Waals surface area (Å²) in [6, 6.07) is 8.52. The summed E-state index contributed by atoms with van der Waals surface area (Å²) in [6.07, 6.45) is 0. The standard InChI is InChI=1S/C7H8S.Pt/c1-6-2-4-7(8)5-3-6;/h2-5,8H,1H3;/q;+1/p-1. The van der Waals surface area contributed by atoms with Crippen molar-refractivity contribution in [3.05, 3.63) is 29.8 Å². The summed E-state index contributed by atoms with van der Waals surface area (Å²) in [7, 11) is 1.75. The average Bonchev–Trinajstić information content (AvgIpc) is 1.90. The topological polar surface area (TPSA) is 0 Å². The van der Waals surface area contributed by atoms with E-state index in [1.165, 1.54) is 10.5 Å². The molecule has 51 valence electrons. The third-order valence-electron chi connectivity index (χ3n) is 1.10. The van der Waals surface area contributed by atoms with Gasteiger partial charge in [-0.15, -0.1) is 0 Å². The van der Waals surface area contributed by atoms with Crippen LogP contribution in [0, 0.1) is 6.92 Å². The second-order valence-corrected chi connectivity index (χ2v) is 3.87. The van der Waals surface area contributed by atoms with E-state index in [9.17, 15) is 0 Å². The van der Waals surface area contributed by atoms with Crippen LogP contribution in [0.5, 0.6) is 0 Å². The summed E-state index contributed by atoms with van der Waals surface area (Å²) in [6.45, 7) is 2.10. The fraction of sp³-hybridized carbons (Fsp3) is 0.143. The van der Waals surface area contributed by atoms with Gasteiger partial charge in [0.2, 0.25) is 0 Å². The van der Waals surface area contributed by atoms with Gasteiger partial charge in [-0.25, -0.2) is 0 Å². The molecule has 0 fully saturated rings. The second-order valence-electron chi connectivity index (χ2n) is 1.88.